The van der Waals surface area contributed by atoms with Crippen LogP contribution in [0, 0.1) is 11.6 Å². The minimum absolute atomic E-state index is 0.0411. The summed E-state index contributed by atoms with van der Waals surface area (Å²) in [5, 5.41) is 2.54. The second kappa shape index (κ2) is 9.66. The fourth-order valence-electron chi connectivity index (χ4n) is 2.66. The Labute approximate surface area is 156 Å². The van der Waals surface area contributed by atoms with Crippen molar-refractivity contribution in [2.45, 2.75) is 25.9 Å². The number of ether oxygens (including phenoxy) is 1. The SMILES string of the molecule is CCC(C(=O)NC)N(Cc1ccc(F)cc1)C(=O)COc1ccccc1F. The highest BCUT2D eigenvalue weighted by molar-refractivity contribution is 5.88. The molecule has 2 aromatic carbocycles. The predicted octanol–water partition coefficient (Wildman–Crippen LogP) is 2.90. The van der Waals surface area contributed by atoms with Crippen LogP contribution in [0.2, 0.25) is 0 Å². The molecular weight excluding hydrogens is 354 g/mol. The molecule has 0 bridgehead atoms. The highest BCUT2D eigenvalue weighted by Crippen LogP contribution is 2.17. The van der Waals surface area contributed by atoms with E-state index in [9.17, 15) is 18.4 Å². The van der Waals surface area contributed by atoms with Gasteiger partial charge in [-0.1, -0.05) is 31.2 Å². The van der Waals surface area contributed by atoms with Gasteiger partial charge in [-0.15, -0.1) is 0 Å². The first-order chi connectivity index (χ1) is 13.0. The van der Waals surface area contributed by atoms with Crippen molar-refractivity contribution in [1.82, 2.24) is 10.2 Å². The third-order valence-corrected chi connectivity index (χ3v) is 4.09. The van der Waals surface area contributed by atoms with Gasteiger partial charge in [0.1, 0.15) is 11.9 Å². The van der Waals surface area contributed by atoms with Crippen LogP contribution >= 0.6 is 0 Å². The van der Waals surface area contributed by atoms with Crippen LogP contribution in [0.4, 0.5) is 8.78 Å². The lowest BCUT2D eigenvalue weighted by molar-refractivity contribution is -0.142. The predicted molar refractivity (Wildman–Crippen MR) is 97.0 cm³/mol. The smallest absolute Gasteiger partial charge is 0.261 e. The van der Waals surface area contributed by atoms with Crippen LogP contribution in [0.15, 0.2) is 48.5 Å². The van der Waals surface area contributed by atoms with E-state index in [0.717, 1.165) is 0 Å². The van der Waals surface area contributed by atoms with E-state index in [2.05, 4.69) is 5.32 Å². The lowest BCUT2D eigenvalue weighted by Crippen LogP contribution is -2.49. The largest absolute Gasteiger partial charge is 0.481 e. The molecule has 0 aromatic heterocycles. The first-order valence-electron chi connectivity index (χ1n) is 8.59. The summed E-state index contributed by atoms with van der Waals surface area (Å²) >= 11 is 0. The molecule has 1 unspecified atom stereocenters. The summed E-state index contributed by atoms with van der Waals surface area (Å²) in [6.07, 6.45) is 0.381. The Morgan fingerprint density at radius 3 is 2.37 bits per heavy atom. The van der Waals surface area contributed by atoms with Crippen LogP contribution in [0.5, 0.6) is 5.75 Å². The van der Waals surface area contributed by atoms with Crippen molar-refractivity contribution in [2.75, 3.05) is 13.7 Å². The fraction of sp³-hybridized carbons (Fsp3) is 0.300. The second-order valence-electron chi connectivity index (χ2n) is 5.91. The topological polar surface area (TPSA) is 58.6 Å². The average Bonchev–Trinajstić information content (AvgIpc) is 2.68. The Balaban J connectivity index is 2.19. The van der Waals surface area contributed by atoms with Crippen molar-refractivity contribution in [2.24, 2.45) is 0 Å². The summed E-state index contributed by atoms with van der Waals surface area (Å²) in [6.45, 7) is 1.46. The number of hydrogen-bond donors (Lipinski definition) is 1. The van der Waals surface area contributed by atoms with Crippen LogP contribution in [0.25, 0.3) is 0 Å². The molecule has 0 fully saturated rings. The maximum atomic E-state index is 13.7. The van der Waals surface area contributed by atoms with E-state index in [1.807, 2.05) is 0 Å². The number of benzene rings is 2. The van der Waals surface area contributed by atoms with Crippen molar-refractivity contribution in [3.05, 3.63) is 65.7 Å². The van der Waals surface area contributed by atoms with Crippen molar-refractivity contribution < 1.29 is 23.1 Å². The third-order valence-electron chi connectivity index (χ3n) is 4.09. The van der Waals surface area contributed by atoms with Gasteiger partial charge in [0, 0.05) is 13.6 Å². The minimum Gasteiger partial charge on any atom is -0.481 e. The Morgan fingerprint density at radius 2 is 1.78 bits per heavy atom. The molecule has 2 amide bonds. The Bertz CT molecular complexity index is 781. The Morgan fingerprint density at radius 1 is 1.11 bits per heavy atom. The summed E-state index contributed by atoms with van der Waals surface area (Å²) in [5.41, 5.74) is 0.665. The van der Waals surface area contributed by atoms with Crippen LogP contribution in [0.3, 0.4) is 0 Å². The molecule has 2 aromatic rings. The van der Waals surface area contributed by atoms with E-state index in [4.69, 9.17) is 4.74 Å². The molecule has 0 aliphatic rings. The van der Waals surface area contributed by atoms with Gasteiger partial charge in [0.15, 0.2) is 18.2 Å². The zero-order valence-corrected chi connectivity index (χ0v) is 15.2. The van der Waals surface area contributed by atoms with Crippen LogP contribution in [-0.2, 0) is 16.1 Å². The standard InChI is InChI=1S/C20H22F2N2O3/c1-3-17(20(26)23-2)24(12-14-8-10-15(21)11-9-14)19(25)13-27-18-7-5-4-6-16(18)22/h4-11,17H,3,12-13H2,1-2H3,(H,23,26). The second-order valence-corrected chi connectivity index (χ2v) is 5.91. The normalized spacial score (nSPS) is 11.6. The summed E-state index contributed by atoms with van der Waals surface area (Å²) in [4.78, 5) is 26.3. The number of halogens is 2. The minimum atomic E-state index is -0.725. The number of likely N-dealkylation sites (N-methyl/N-ethyl adjacent to an activating group) is 1. The maximum absolute atomic E-state index is 13.7. The number of carbonyl (C=O) groups excluding carboxylic acids is 2. The van der Waals surface area contributed by atoms with Gasteiger partial charge >= 0.3 is 0 Å². The van der Waals surface area contributed by atoms with Gasteiger partial charge < -0.3 is 15.0 Å². The van der Waals surface area contributed by atoms with Gasteiger partial charge in [0.25, 0.3) is 5.91 Å². The zero-order chi connectivity index (χ0) is 19.8. The van der Waals surface area contributed by atoms with Gasteiger partial charge in [-0.2, -0.15) is 0 Å². The Hall–Kier alpha value is -2.96. The van der Waals surface area contributed by atoms with Gasteiger partial charge in [0.05, 0.1) is 0 Å². The Kier molecular flexibility index (Phi) is 7.28. The number of nitrogens with zero attached hydrogens (tertiary/aromatic N) is 1. The maximum Gasteiger partial charge on any atom is 0.261 e. The number of carbonyl (C=O) groups is 2. The highest BCUT2D eigenvalue weighted by Gasteiger charge is 2.28. The van der Waals surface area contributed by atoms with Gasteiger partial charge in [-0.25, -0.2) is 8.78 Å². The molecule has 0 aliphatic heterocycles. The van der Waals surface area contributed by atoms with Crippen LogP contribution < -0.4 is 10.1 Å². The van der Waals surface area contributed by atoms with Gasteiger partial charge in [0.2, 0.25) is 5.91 Å². The third kappa shape index (κ3) is 5.51. The van der Waals surface area contributed by atoms with Crippen molar-refractivity contribution >= 4 is 11.8 Å². The summed E-state index contributed by atoms with van der Waals surface area (Å²) < 4.78 is 32.1. The van der Waals surface area contributed by atoms with E-state index in [1.54, 1.807) is 25.1 Å². The molecule has 0 saturated carbocycles. The van der Waals surface area contributed by atoms with E-state index in [-0.39, 0.29) is 18.2 Å². The molecule has 7 heteroatoms. The molecule has 2 rings (SSSR count). The molecule has 27 heavy (non-hydrogen) atoms. The molecule has 0 heterocycles. The van der Waals surface area contributed by atoms with Gasteiger partial charge in [-0.05, 0) is 36.2 Å². The first-order valence-corrected chi connectivity index (χ1v) is 8.59. The quantitative estimate of drug-likeness (QED) is 0.771. The van der Waals surface area contributed by atoms with Crippen LogP contribution in [0.1, 0.15) is 18.9 Å². The number of para-hydroxylation sites is 1. The summed E-state index contributed by atoms with van der Waals surface area (Å²) in [7, 11) is 1.49. The molecule has 0 saturated heterocycles. The average molecular weight is 376 g/mol. The van der Waals surface area contributed by atoms with Crippen molar-refractivity contribution in [3.8, 4) is 5.75 Å². The fourth-order valence-corrected chi connectivity index (χ4v) is 2.66. The summed E-state index contributed by atoms with van der Waals surface area (Å²) in [5.74, 6) is -1.80. The lowest BCUT2D eigenvalue weighted by Gasteiger charge is -2.30. The molecule has 0 radical (unpaired) electrons. The molecule has 0 spiro atoms. The lowest BCUT2D eigenvalue weighted by atomic mass is 10.1. The summed E-state index contributed by atoms with van der Waals surface area (Å²) in [6, 6.07) is 10.7. The number of nitrogens with one attached hydrogen (secondary N) is 1. The molecule has 0 aliphatic carbocycles. The molecular formula is C20H22F2N2O3. The first kappa shape index (κ1) is 20.4. The molecule has 144 valence electrons. The monoisotopic (exact) mass is 376 g/mol. The molecule has 1 atom stereocenters. The highest BCUT2D eigenvalue weighted by atomic mass is 19.1. The number of rotatable bonds is 8. The van der Waals surface area contributed by atoms with Crippen molar-refractivity contribution in [1.29, 1.82) is 0 Å². The van der Waals surface area contributed by atoms with Crippen molar-refractivity contribution in [3.63, 3.8) is 0 Å². The zero-order valence-electron chi connectivity index (χ0n) is 15.2. The van der Waals surface area contributed by atoms with E-state index >= 15 is 0 Å². The molecule has 1 N–H and O–H groups in total. The van der Waals surface area contributed by atoms with Gasteiger partial charge in [-0.3, -0.25) is 9.59 Å². The van der Waals surface area contributed by atoms with Crippen LogP contribution in [-0.4, -0.2) is 36.4 Å². The van der Waals surface area contributed by atoms with E-state index in [1.165, 1.54) is 42.3 Å². The number of amides is 2. The number of hydrogen-bond acceptors (Lipinski definition) is 3. The molecule has 5 nitrogen and oxygen atoms in total. The van der Waals surface area contributed by atoms with E-state index in [0.29, 0.717) is 12.0 Å². The van der Waals surface area contributed by atoms with E-state index < -0.39 is 30.2 Å².